The molecule has 0 fully saturated rings. The van der Waals surface area contributed by atoms with Gasteiger partial charge in [0.05, 0.1) is 44.0 Å². The van der Waals surface area contributed by atoms with Crippen molar-refractivity contribution in [3.8, 4) is 20.9 Å². The zero-order valence-electron chi connectivity index (χ0n) is 31.8. The molecule has 59 heavy (non-hydrogen) atoms. The van der Waals surface area contributed by atoms with Crippen molar-refractivity contribution < 1.29 is 19.2 Å². The lowest BCUT2D eigenvalue weighted by Crippen LogP contribution is -2.24. The topological polar surface area (TPSA) is 126 Å². The van der Waals surface area contributed by atoms with Gasteiger partial charge in [-0.15, -0.1) is 56.7 Å². The fourth-order valence-electron chi connectivity index (χ4n) is 7.75. The van der Waals surface area contributed by atoms with Gasteiger partial charge in [-0.3, -0.25) is 29.0 Å². The first-order chi connectivity index (χ1) is 28.4. The van der Waals surface area contributed by atoms with Crippen molar-refractivity contribution >= 4 is 167 Å². The van der Waals surface area contributed by atoms with Crippen LogP contribution in [0.3, 0.4) is 0 Å². The van der Waals surface area contributed by atoms with E-state index in [1.807, 2.05) is 46.1 Å². The molecule has 0 saturated heterocycles. The fraction of sp³-hybridized carbons (Fsp3) is 0.143. The Morgan fingerprint density at radius 3 is 1.27 bits per heavy atom. The van der Waals surface area contributed by atoms with Crippen molar-refractivity contribution in [1.82, 2.24) is 27.3 Å². The Balaban J connectivity index is 0.913. The lowest BCUT2D eigenvalue weighted by Gasteiger charge is -2.09. The minimum atomic E-state index is -0.273. The predicted octanol–water partition coefficient (Wildman–Crippen LogP) is 12.0. The molecule has 0 atom stereocenters. The van der Waals surface area contributed by atoms with Gasteiger partial charge in [-0.05, 0) is 74.3 Å². The smallest absolute Gasteiger partial charge is 0.271 e. The molecule has 10 nitrogen and oxygen atoms in total. The summed E-state index contributed by atoms with van der Waals surface area (Å²) in [5.74, 6) is -1.08. The maximum atomic E-state index is 12.6. The van der Waals surface area contributed by atoms with Gasteiger partial charge in [0.15, 0.2) is 0 Å². The van der Waals surface area contributed by atoms with Gasteiger partial charge in [-0.2, -0.15) is 17.5 Å². The van der Waals surface area contributed by atoms with E-state index in [2.05, 4.69) is 60.7 Å². The Hall–Kier alpha value is -5.14. The van der Waals surface area contributed by atoms with Crippen molar-refractivity contribution in [2.45, 2.75) is 27.7 Å². The molecule has 9 aromatic rings. The van der Waals surface area contributed by atoms with Crippen molar-refractivity contribution in [3.63, 3.8) is 0 Å². The third-order valence-electron chi connectivity index (χ3n) is 11.4. The molecule has 0 saturated carbocycles. The highest BCUT2D eigenvalue weighted by atomic mass is 32.1. The SMILES string of the molecule is CC(=C(C)c1ccc(-c2cc3c(s2)C(=O)N(C)C3=O)c2nsnc12)c1cc2sc3cc(C(C)=C(C)c4ccc(-c5cc6c(s5)C(=O)N(C)C6=O)c5nsnc45)sc3c2s1. The van der Waals surface area contributed by atoms with Crippen LogP contribution in [0.5, 0.6) is 0 Å². The number of hydrogen-bond donors (Lipinski definition) is 0. The molecule has 0 N–H and O–H groups in total. The highest BCUT2D eigenvalue weighted by Crippen LogP contribution is 2.49. The number of thiophene rings is 5. The molecule has 0 aliphatic carbocycles. The number of amides is 4. The number of nitrogens with zero attached hydrogens (tertiary/aromatic N) is 6. The molecule has 2 aliphatic rings. The van der Waals surface area contributed by atoms with Gasteiger partial charge in [0.1, 0.15) is 31.8 Å². The highest BCUT2D eigenvalue weighted by Gasteiger charge is 2.37. The van der Waals surface area contributed by atoms with E-state index >= 15 is 0 Å². The maximum absolute atomic E-state index is 12.6. The molecule has 17 heteroatoms. The number of allylic oxidation sites excluding steroid dienone is 4. The second-order valence-electron chi connectivity index (χ2n) is 14.5. The Kier molecular flexibility index (Phi) is 8.24. The monoisotopic (exact) mass is 902 g/mol. The molecule has 0 radical (unpaired) electrons. The van der Waals surface area contributed by atoms with Crippen LogP contribution in [-0.4, -0.2) is 65.0 Å². The molecule has 0 spiro atoms. The molecule has 290 valence electrons. The van der Waals surface area contributed by atoms with Crippen LogP contribution < -0.4 is 0 Å². The van der Waals surface area contributed by atoms with Crippen LogP contribution in [0.25, 0.3) is 84.0 Å². The Morgan fingerprint density at radius 2 is 0.864 bits per heavy atom. The fourth-order valence-corrected chi connectivity index (χ4v) is 15.3. The number of fused-ring (bicyclic) bond motifs is 7. The summed E-state index contributed by atoms with van der Waals surface area (Å²) in [6.07, 6.45) is 0. The van der Waals surface area contributed by atoms with Gasteiger partial charge < -0.3 is 0 Å². The quantitative estimate of drug-likeness (QED) is 0.151. The van der Waals surface area contributed by atoms with E-state index in [9.17, 15) is 19.2 Å². The molecular formula is C42H26N6O4S7. The minimum absolute atomic E-state index is 0.265. The van der Waals surface area contributed by atoms with Gasteiger partial charge in [-0.1, -0.05) is 24.3 Å². The summed E-state index contributed by atoms with van der Waals surface area (Å²) >= 11 is 10.4. The summed E-state index contributed by atoms with van der Waals surface area (Å²) in [5, 5.41) is 0. The number of benzene rings is 2. The Morgan fingerprint density at radius 1 is 0.458 bits per heavy atom. The second-order valence-corrected chi connectivity index (χ2v) is 20.8. The van der Waals surface area contributed by atoms with Gasteiger partial charge in [0.2, 0.25) is 0 Å². The number of carbonyl (C=O) groups is 4. The van der Waals surface area contributed by atoms with Crippen LogP contribution >= 0.6 is 80.1 Å². The summed E-state index contributed by atoms with van der Waals surface area (Å²) in [6, 6.07) is 16.4. The first-order valence-corrected chi connectivity index (χ1v) is 23.7. The molecule has 11 rings (SSSR count). The Labute approximate surface area is 363 Å². The second kappa shape index (κ2) is 13.2. The van der Waals surface area contributed by atoms with Gasteiger partial charge in [0, 0.05) is 65.3 Å². The van der Waals surface area contributed by atoms with Crippen molar-refractivity contribution in [2.75, 3.05) is 14.1 Å². The molecule has 0 unspecified atom stereocenters. The van der Waals surface area contributed by atoms with Crippen molar-refractivity contribution in [3.05, 3.63) is 90.3 Å². The first kappa shape index (κ1) is 36.9. The average molecular weight is 903 g/mol. The van der Waals surface area contributed by atoms with Crippen molar-refractivity contribution in [1.29, 1.82) is 0 Å². The number of imide groups is 2. The summed E-state index contributed by atoms with van der Waals surface area (Å²) < 4.78 is 23.9. The van der Waals surface area contributed by atoms with Crippen LogP contribution in [0.1, 0.15) is 88.6 Å². The zero-order valence-corrected chi connectivity index (χ0v) is 37.5. The summed E-state index contributed by atoms with van der Waals surface area (Å²) in [5.41, 5.74) is 12.4. The average Bonchev–Trinajstić information content (AvgIpc) is 4.10. The van der Waals surface area contributed by atoms with E-state index < -0.39 is 0 Å². The van der Waals surface area contributed by atoms with Crippen LogP contribution in [0.2, 0.25) is 0 Å². The lowest BCUT2D eigenvalue weighted by atomic mass is 9.97. The third-order valence-corrected chi connectivity index (χ3v) is 18.8. The molecule has 2 aromatic carbocycles. The van der Waals surface area contributed by atoms with E-state index in [4.69, 9.17) is 8.75 Å². The normalized spacial score (nSPS) is 15.2. The van der Waals surface area contributed by atoms with E-state index in [0.717, 1.165) is 98.5 Å². The lowest BCUT2D eigenvalue weighted by molar-refractivity contribution is 0.0679. The number of aromatic nitrogens is 4. The predicted molar refractivity (Wildman–Crippen MR) is 246 cm³/mol. The summed E-state index contributed by atoms with van der Waals surface area (Å²) in [7, 11) is 3.03. The molecule has 4 amide bonds. The molecule has 0 bridgehead atoms. The van der Waals surface area contributed by atoms with E-state index in [-0.39, 0.29) is 23.6 Å². The summed E-state index contributed by atoms with van der Waals surface area (Å²) in [4.78, 5) is 57.8. The number of hydrogen-bond acceptors (Lipinski definition) is 15. The summed E-state index contributed by atoms with van der Waals surface area (Å²) in [6.45, 7) is 8.59. The standard InChI is InChI=1S/C42H26N6O4S7/c1-15(19-7-9-21(33-31(19)43-58-45-33)27-11-23-35(56-27)41(51)47(5)39(23)49)17(3)25-13-29-37(54-25)38-30(53-29)14-26(55-38)18(4)16(2)20-8-10-22(34-32(20)44-59-46-34)28-12-24-36(57-28)42(52)48(6)40(24)50/h7-14H,1-6H3. The van der Waals surface area contributed by atoms with E-state index in [1.54, 1.807) is 12.1 Å². The third kappa shape index (κ3) is 5.28. The number of rotatable bonds is 6. The number of carbonyl (C=O) groups excluding carboxylic acids is 4. The maximum Gasteiger partial charge on any atom is 0.271 e. The molecule has 2 aliphatic heterocycles. The van der Waals surface area contributed by atoms with Gasteiger partial charge in [-0.25, -0.2) is 0 Å². The zero-order chi connectivity index (χ0) is 40.8. The molecule has 7 aromatic heterocycles. The van der Waals surface area contributed by atoms with Crippen LogP contribution in [0.15, 0.2) is 48.5 Å². The Bertz CT molecular complexity index is 3180. The van der Waals surface area contributed by atoms with Crippen molar-refractivity contribution in [2.24, 2.45) is 0 Å². The van der Waals surface area contributed by atoms with Crippen LogP contribution in [0.4, 0.5) is 0 Å². The largest absolute Gasteiger partial charge is 0.277 e. The van der Waals surface area contributed by atoms with E-state index in [0.29, 0.717) is 20.9 Å². The van der Waals surface area contributed by atoms with Gasteiger partial charge >= 0.3 is 0 Å². The van der Waals surface area contributed by atoms with Crippen LogP contribution in [-0.2, 0) is 0 Å². The first-order valence-electron chi connectivity index (χ1n) is 18.2. The van der Waals surface area contributed by atoms with Gasteiger partial charge in [0.25, 0.3) is 23.6 Å². The van der Waals surface area contributed by atoms with Crippen LogP contribution in [0, 0.1) is 0 Å². The minimum Gasteiger partial charge on any atom is -0.277 e. The highest BCUT2D eigenvalue weighted by molar-refractivity contribution is 7.39. The molecule has 9 heterocycles. The van der Waals surface area contributed by atoms with E-state index in [1.165, 1.54) is 76.5 Å². The molecular weight excluding hydrogens is 877 g/mol.